The quantitative estimate of drug-likeness (QED) is 0.672. The Hall–Kier alpha value is -2.15. The maximum atomic E-state index is 10.9. The molecule has 1 heterocycles. The van der Waals surface area contributed by atoms with Crippen LogP contribution in [0, 0.1) is 10.1 Å². The Morgan fingerprint density at radius 3 is 2.84 bits per heavy atom. The van der Waals surface area contributed by atoms with Crippen molar-refractivity contribution in [2.45, 2.75) is 6.54 Å². The molecule has 19 heavy (non-hydrogen) atoms. The lowest BCUT2D eigenvalue weighted by Crippen LogP contribution is -2.16. The highest BCUT2D eigenvalue weighted by atomic mass is 32.1. The average molecular weight is 278 g/mol. The van der Waals surface area contributed by atoms with Crippen LogP contribution < -0.4 is 10.2 Å². The average Bonchev–Trinajstić information content (AvgIpc) is 2.90. The molecule has 0 radical (unpaired) electrons. The van der Waals surface area contributed by atoms with E-state index in [1.54, 1.807) is 18.6 Å². The fourth-order valence-corrected chi connectivity index (χ4v) is 2.26. The molecule has 0 aliphatic rings. The van der Waals surface area contributed by atoms with Crippen LogP contribution in [0.1, 0.15) is 5.69 Å². The molecule has 1 aromatic heterocycles. The van der Waals surface area contributed by atoms with Gasteiger partial charge in [0.1, 0.15) is 0 Å². The zero-order chi connectivity index (χ0) is 13.8. The topological polar surface area (TPSA) is 71.3 Å². The van der Waals surface area contributed by atoms with E-state index in [4.69, 9.17) is 0 Å². The SMILES string of the molecule is CNc1cc(N(C)Cc2cscn2)cc([N+](=O)[O-])c1. The van der Waals surface area contributed by atoms with Gasteiger partial charge in [-0.25, -0.2) is 4.98 Å². The lowest BCUT2D eigenvalue weighted by Gasteiger charge is -2.18. The van der Waals surface area contributed by atoms with Gasteiger partial charge in [0.15, 0.2) is 0 Å². The number of aromatic nitrogens is 1. The van der Waals surface area contributed by atoms with Gasteiger partial charge in [-0.3, -0.25) is 10.1 Å². The Morgan fingerprint density at radius 1 is 1.47 bits per heavy atom. The van der Waals surface area contributed by atoms with Crippen molar-refractivity contribution < 1.29 is 4.92 Å². The van der Waals surface area contributed by atoms with E-state index in [0.29, 0.717) is 12.2 Å². The van der Waals surface area contributed by atoms with E-state index in [2.05, 4.69) is 10.3 Å². The summed E-state index contributed by atoms with van der Waals surface area (Å²) >= 11 is 1.53. The molecule has 1 aromatic carbocycles. The minimum atomic E-state index is -0.388. The summed E-state index contributed by atoms with van der Waals surface area (Å²) < 4.78 is 0. The van der Waals surface area contributed by atoms with Crippen LogP contribution >= 0.6 is 11.3 Å². The molecule has 100 valence electrons. The fraction of sp³-hybridized carbons (Fsp3) is 0.250. The first-order valence-electron chi connectivity index (χ1n) is 5.65. The van der Waals surface area contributed by atoms with E-state index >= 15 is 0 Å². The fourth-order valence-electron chi connectivity index (χ4n) is 1.72. The molecule has 0 spiro atoms. The standard InChI is InChI=1S/C12H14N4O2S/c1-13-9-3-11(5-12(4-9)16(17)18)15(2)6-10-7-19-8-14-10/h3-5,7-8,13H,6H2,1-2H3. The highest BCUT2D eigenvalue weighted by Crippen LogP contribution is 2.27. The monoisotopic (exact) mass is 278 g/mol. The van der Waals surface area contributed by atoms with Crippen LogP contribution in [0.25, 0.3) is 0 Å². The molecule has 2 rings (SSSR count). The van der Waals surface area contributed by atoms with E-state index in [1.165, 1.54) is 17.4 Å². The Bertz CT molecular complexity index is 571. The van der Waals surface area contributed by atoms with Crippen molar-refractivity contribution in [3.63, 3.8) is 0 Å². The van der Waals surface area contributed by atoms with Crippen LogP contribution in [0.2, 0.25) is 0 Å². The third-order valence-electron chi connectivity index (χ3n) is 2.73. The number of nitro groups is 1. The number of anilines is 2. The molecular weight excluding hydrogens is 264 g/mol. The number of nitrogens with zero attached hydrogens (tertiary/aromatic N) is 3. The minimum Gasteiger partial charge on any atom is -0.388 e. The van der Waals surface area contributed by atoms with Crippen LogP contribution in [-0.2, 0) is 6.54 Å². The van der Waals surface area contributed by atoms with E-state index in [0.717, 1.165) is 11.4 Å². The molecule has 0 saturated carbocycles. The number of thiazole rings is 1. The van der Waals surface area contributed by atoms with Crippen LogP contribution in [0.15, 0.2) is 29.1 Å². The number of benzene rings is 1. The van der Waals surface area contributed by atoms with Gasteiger partial charge < -0.3 is 10.2 Å². The van der Waals surface area contributed by atoms with Crippen LogP contribution in [0.4, 0.5) is 17.1 Å². The van der Waals surface area contributed by atoms with Crippen molar-refractivity contribution in [1.29, 1.82) is 0 Å². The van der Waals surface area contributed by atoms with E-state index in [-0.39, 0.29) is 10.6 Å². The number of hydrogen-bond donors (Lipinski definition) is 1. The molecule has 0 saturated heterocycles. The van der Waals surface area contributed by atoms with Gasteiger partial charge in [0.2, 0.25) is 0 Å². The second-order valence-corrected chi connectivity index (χ2v) is 4.80. The van der Waals surface area contributed by atoms with E-state index in [1.807, 2.05) is 23.4 Å². The second kappa shape index (κ2) is 5.66. The highest BCUT2D eigenvalue weighted by molar-refractivity contribution is 7.07. The molecule has 0 aliphatic carbocycles. The van der Waals surface area contributed by atoms with Crippen molar-refractivity contribution in [1.82, 2.24) is 4.98 Å². The lowest BCUT2D eigenvalue weighted by molar-refractivity contribution is -0.384. The zero-order valence-electron chi connectivity index (χ0n) is 10.7. The number of non-ortho nitro benzene ring substituents is 1. The van der Waals surface area contributed by atoms with Crippen molar-refractivity contribution in [3.05, 3.63) is 44.9 Å². The minimum absolute atomic E-state index is 0.0759. The van der Waals surface area contributed by atoms with Gasteiger partial charge in [0.05, 0.1) is 22.7 Å². The molecular formula is C12H14N4O2S. The summed E-state index contributed by atoms with van der Waals surface area (Å²) in [6, 6.07) is 4.95. The lowest BCUT2D eigenvalue weighted by atomic mass is 10.2. The zero-order valence-corrected chi connectivity index (χ0v) is 11.5. The Kier molecular flexibility index (Phi) is 3.96. The maximum Gasteiger partial charge on any atom is 0.273 e. The van der Waals surface area contributed by atoms with Gasteiger partial charge in [0.25, 0.3) is 5.69 Å². The Balaban J connectivity index is 2.27. The van der Waals surface area contributed by atoms with Gasteiger partial charge >= 0.3 is 0 Å². The summed E-state index contributed by atoms with van der Waals surface area (Å²) in [5.41, 5.74) is 4.30. The summed E-state index contributed by atoms with van der Waals surface area (Å²) in [6.45, 7) is 0.619. The Labute approximate surface area is 114 Å². The number of rotatable bonds is 5. The molecule has 6 nitrogen and oxygen atoms in total. The predicted octanol–water partition coefficient (Wildman–Crippen LogP) is 2.73. The molecule has 0 amide bonds. The first-order chi connectivity index (χ1) is 9.10. The van der Waals surface area contributed by atoms with Gasteiger partial charge in [-0.15, -0.1) is 11.3 Å². The molecule has 0 unspecified atom stereocenters. The first kappa shape index (κ1) is 13.3. The van der Waals surface area contributed by atoms with Crippen molar-refractivity contribution in [2.24, 2.45) is 0 Å². The number of nitro benzene ring substituents is 1. The van der Waals surface area contributed by atoms with E-state index in [9.17, 15) is 10.1 Å². The van der Waals surface area contributed by atoms with Crippen LogP contribution in [0.3, 0.4) is 0 Å². The molecule has 0 atom stereocenters. The molecule has 2 aromatic rings. The van der Waals surface area contributed by atoms with Crippen molar-refractivity contribution >= 4 is 28.4 Å². The van der Waals surface area contributed by atoms with Gasteiger partial charge in [-0.05, 0) is 6.07 Å². The van der Waals surface area contributed by atoms with E-state index < -0.39 is 0 Å². The summed E-state index contributed by atoms with van der Waals surface area (Å²) in [4.78, 5) is 16.7. The maximum absolute atomic E-state index is 10.9. The van der Waals surface area contributed by atoms with Gasteiger partial charge in [0, 0.05) is 43.0 Å². The summed E-state index contributed by atoms with van der Waals surface area (Å²) in [6.07, 6.45) is 0. The first-order valence-corrected chi connectivity index (χ1v) is 6.60. The van der Waals surface area contributed by atoms with Crippen LogP contribution in [0.5, 0.6) is 0 Å². The van der Waals surface area contributed by atoms with Gasteiger partial charge in [-0.2, -0.15) is 0 Å². The third-order valence-corrected chi connectivity index (χ3v) is 3.36. The van der Waals surface area contributed by atoms with Crippen LogP contribution in [-0.4, -0.2) is 24.0 Å². The van der Waals surface area contributed by atoms with Crippen molar-refractivity contribution in [2.75, 3.05) is 24.3 Å². The number of hydrogen-bond acceptors (Lipinski definition) is 6. The molecule has 0 fully saturated rings. The summed E-state index contributed by atoms with van der Waals surface area (Å²) in [7, 11) is 3.63. The smallest absolute Gasteiger partial charge is 0.273 e. The van der Waals surface area contributed by atoms with Gasteiger partial charge in [-0.1, -0.05) is 0 Å². The number of nitrogens with one attached hydrogen (secondary N) is 1. The summed E-state index contributed by atoms with van der Waals surface area (Å²) in [5.74, 6) is 0. The highest BCUT2D eigenvalue weighted by Gasteiger charge is 2.12. The molecule has 0 bridgehead atoms. The largest absolute Gasteiger partial charge is 0.388 e. The molecule has 7 heteroatoms. The summed E-state index contributed by atoms with van der Waals surface area (Å²) in [5, 5.41) is 15.8. The third kappa shape index (κ3) is 3.19. The van der Waals surface area contributed by atoms with Crippen molar-refractivity contribution in [3.8, 4) is 0 Å². The second-order valence-electron chi connectivity index (χ2n) is 4.08. The normalized spacial score (nSPS) is 10.2. The predicted molar refractivity (Wildman–Crippen MR) is 76.9 cm³/mol. The molecule has 1 N–H and O–H groups in total. The molecule has 0 aliphatic heterocycles. The Morgan fingerprint density at radius 2 is 2.26 bits per heavy atom.